The lowest BCUT2D eigenvalue weighted by Gasteiger charge is -2.09. The highest BCUT2D eigenvalue weighted by atomic mass is 16.5. The van der Waals surface area contributed by atoms with Crippen molar-refractivity contribution in [2.24, 2.45) is 0 Å². The van der Waals surface area contributed by atoms with Crippen LogP contribution in [0, 0.1) is 0 Å². The largest absolute Gasteiger partial charge is 0.484 e. The van der Waals surface area contributed by atoms with Crippen molar-refractivity contribution in [1.29, 1.82) is 0 Å². The lowest BCUT2D eigenvalue weighted by atomic mass is 10.1. The van der Waals surface area contributed by atoms with Gasteiger partial charge in [-0.2, -0.15) is 0 Å². The molecule has 0 unspecified atom stereocenters. The van der Waals surface area contributed by atoms with Crippen LogP contribution in [0.1, 0.15) is 34.8 Å². The molecule has 1 aromatic heterocycles. The number of pyridine rings is 1. The van der Waals surface area contributed by atoms with E-state index in [2.05, 4.69) is 22.5 Å². The van der Waals surface area contributed by atoms with E-state index in [1.807, 2.05) is 36.4 Å². The van der Waals surface area contributed by atoms with Crippen LogP contribution in [0.5, 0.6) is 5.75 Å². The first-order chi connectivity index (χ1) is 14.6. The number of hydrogen-bond donors (Lipinski definition) is 2. The zero-order valence-electron chi connectivity index (χ0n) is 16.9. The molecule has 0 fully saturated rings. The summed E-state index contributed by atoms with van der Waals surface area (Å²) in [6.45, 7) is 2.49. The van der Waals surface area contributed by atoms with E-state index in [0.29, 0.717) is 23.5 Å². The van der Waals surface area contributed by atoms with Gasteiger partial charge in [0.2, 0.25) is 0 Å². The highest BCUT2D eigenvalue weighted by molar-refractivity contribution is 6.04. The Morgan fingerprint density at radius 2 is 1.70 bits per heavy atom. The van der Waals surface area contributed by atoms with Crippen molar-refractivity contribution in [3.63, 3.8) is 0 Å². The summed E-state index contributed by atoms with van der Waals surface area (Å²) >= 11 is 0. The van der Waals surface area contributed by atoms with Crippen LogP contribution in [0.3, 0.4) is 0 Å². The van der Waals surface area contributed by atoms with Crippen molar-refractivity contribution in [2.75, 3.05) is 11.9 Å². The molecular weight excluding hydrogens is 378 g/mol. The number of hydrogen-bond acceptors (Lipinski definition) is 4. The van der Waals surface area contributed by atoms with Crippen LogP contribution in [-0.2, 0) is 17.8 Å². The Labute approximate surface area is 176 Å². The molecule has 6 nitrogen and oxygen atoms in total. The predicted molar refractivity (Wildman–Crippen MR) is 116 cm³/mol. The number of anilines is 1. The molecule has 0 spiro atoms. The molecule has 2 aromatic carbocycles. The maximum Gasteiger partial charge on any atom is 0.258 e. The van der Waals surface area contributed by atoms with Gasteiger partial charge in [0.05, 0.1) is 5.56 Å². The van der Waals surface area contributed by atoms with Crippen molar-refractivity contribution in [3.05, 3.63) is 89.7 Å². The van der Waals surface area contributed by atoms with Gasteiger partial charge < -0.3 is 15.4 Å². The highest BCUT2D eigenvalue weighted by Gasteiger charge is 2.06. The third-order valence-electron chi connectivity index (χ3n) is 4.46. The molecule has 154 valence electrons. The van der Waals surface area contributed by atoms with Gasteiger partial charge in [-0.1, -0.05) is 37.6 Å². The lowest BCUT2D eigenvalue weighted by molar-refractivity contribution is -0.123. The van der Waals surface area contributed by atoms with Crippen LogP contribution < -0.4 is 15.4 Å². The predicted octanol–water partition coefficient (Wildman–Crippen LogP) is 3.98. The molecule has 0 radical (unpaired) electrons. The van der Waals surface area contributed by atoms with Crippen molar-refractivity contribution in [1.82, 2.24) is 10.3 Å². The Bertz CT molecular complexity index is 955. The van der Waals surface area contributed by atoms with Crippen LogP contribution in [0.25, 0.3) is 0 Å². The highest BCUT2D eigenvalue weighted by Crippen LogP contribution is 2.14. The molecular formula is C24H25N3O3. The molecule has 1 heterocycles. The fourth-order valence-corrected chi connectivity index (χ4v) is 2.85. The molecule has 6 heteroatoms. The minimum Gasteiger partial charge on any atom is -0.484 e. The van der Waals surface area contributed by atoms with Crippen LogP contribution in [0.2, 0.25) is 0 Å². The average molecular weight is 403 g/mol. The number of rotatable bonds is 9. The van der Waals surface area contributed by atoms with Gasteiger partial charge in [0.15, 0.2) is 6.61 Å². The van der Waals surface area contributed by atoms with E-state index in [0.717, 1.165) is 18.4 Å². The number of aryl methyl sites for hydroxylation is 1. The zero-order chi connectivity index (χ0) is 21.2. The fourth-order valence-electron chi connectivity index (χ4n) is 2.85. The van der Waals surface area contributed by atoms with Gasteiger partial charge in [-0.15, -0.1) is 0 Å². The molecule has 30 heavy (non-hydrogen) atoms. The SMILES string of the molecule is CCCc1ccc(OCC(=O)NCc2ccc(NC(=O)c3cccnc3)cc2)cc1. The van der Waals surface area contributed by atoms with E-state index in [4.69, 9.17) is 4.74 Å². The molecule has 0 bridgehead atoms. The third-order valence-corrected chi connectivity index (χ3v) is 4.46. The van der Waals surface area contributed by atoms with Gasteiger partial charge in [-0.25, -0.2) is 0 Å². The first-order valence-electron chi connectivity index (χ1n) is 9.93. The fraction of sp³-hybridized carbons (Fsp3) is 0.208. The monoisotopic (exact) mass is 403 g/mol. The van der Waals surface area contributed by atoms with Gasteiger partial charge >= 0.3 is 0 Å². The van der Waals surface area contributed by atoms with E-state index in [-0.39, 0.29) is 18.4 Å². The van der Waals surface area contributed by atoms with Crippen LogP contribution in [0.4, 0.5) is 5.69 Å². The van der Waals surface area contributed by atoms with E-state index in [9.17, 15) is 9.59 Å². The van der Waals surface area contributed by atoms with Crippen molar-refractivity contribution < 1.29 is 14.3 Å². The summed E-state index contributed by atoms with van der Waals surface area (Å²) in [5.41, 5.74) is 3.35. The quantitative estimate of drug-likeness (QED) is 0.566. The normalized spacial score (nSPS) is 10.3. The van der Waals surface area contributed by atoms with Crippen LogP contribution in [0.15, 0.2) is 73.1 Å². The minimum absolute atomic E-state index is 0.0353. The lowest BCUT2D eigenvalue weighted by Crippen LogP contribution is -2.28. The topological polar surface area (TPSA) is 80.3 Å². The second-order valence-electron chi connectivity index (χ2n) is 6.85. The number of nitrogens with one attached hydrogen (secondary N) is 2. The second kappa shape index (κ2) is 10.8. The smallest absolute Gasteiger partial charge is 0.258 e. The summed E-state index contributed by atoms with van der Waals surface area (Å²) in [5.74, 6) is 0.268. The first kappa shape index (κ1) is 21.0. The summed E-state index contributed by atoms with van der Waals surface area (Å²) in [5, 5.41) is 5.64. The summed E-state index contributed by atoms with van der Waals surface area (Å²) in [7, 11) is 0. The number of carbonyl (C=O) groups excluding carboxylic acids is 2. The third kappa shape index (κ3) is 6.44. The first-order valence-corrected chi connectivity index (χ1v) is 9.93. The maximum absolute atomic E-state index is 12.1. The average Bonchev–Trinajstić information content (AvgIpc) is 2.79. The number of nitrogens with zero attached hydrogens (tertiary/aromatic N) is 1. The summed E-state index contributed by atoms with van der Waals surface area (Å²) < 4.78 is 5.53. The molecule has 0 aliphatic heterocycles. The number of ether oxygens (including phenoxy) is 1. The molecule has 2 N–H and O–H groups in total. The van der Waals surface area contributed by atoms with Gasteiger partial charge in [0.1, 0.15) is 5.75 Å². The Morgan fingerprint density at radius 3 is 2.37 bits per heavy atom. The Hall–Kier alpha value is -3.67. The van der Waals surface area contributed by atoms with Crippen molar-refractivity contribution in [3.8, 4) is 5.75 Å². The van der Waals surface area contributed by atoms with Crippen LogP contribution >= 0.6 is 0 Å². The van der Waals surface area contributed by atoms with Crippen LogP contribution in [-0.4, -0.2) is 23.4 Å². The van der Waals surface area contributed by atoms with Gasteiger partial charge in [-0.05, 0) is 53.9 Å². The molecule has 0 saturated heterocycles. The van der Waals surface area contributed by atoms with Gasteiger partial charge in [0, 0.05) is 24.6 Å². The number of amides is 2. The number of benzene rings is 2. The molecule has 3 rings (SSSR count). The zero-order valence-corrected chi connectivity index (χ0v) is 16.9. The molecule has 0 aliphatic rings. The minimum atomic E-state index is -0.218. The molecule has 0 aliphatic carbocycles. The van der Waals surface area contributed by atoms with E-state index < -0.39 is 0 Å². The maximum atomic E-state index is 12.1. The van der Waals surface area contributed by atoms with E-state index in [1.54, 1.807) is 30.5 Å². The van der Waals surface area contributed by atoms with Crippen molar-refractivity contribution in [2.45, 2.75) is 26.3 Å². The number of aromatic nitrogens is 1. The number of carbonyl (C=O) groups is 2. The van der Waals surface area contributed by atoms with Gasteiger partial charge in [0.25, 0.3) is 11.8 Å². The molecule has 0 atom stereocenters. The van der Waals surface area contributed by atoms with Gasteiger partial charge in [-0.3, -0.25) is 14.6 Å². The molecule has 2 amide bonds. The Kier molecular flexibility index (Phi) is 7.55. The molecule has 3 aromatic rings. The van der Waals surface area contributed by atoms with Crippen molar-refractivity contribution >= 4 is 17.5 Å². The standard InChI is InChI=1S/C24H25N3O3/c1-2-4-18-8-12-22(13-9-18)30-17-23(28)26-15-19-6-10-21(11-7-19)27-24(29)20-5-3-14-25-16-20/h3,5-14,16H,2,4,15,17H2,1H3,(H,26,28)(H,27,29). The van der Waals surface area contributed by atoms with E-state index >= 15 is 0 Å². The molecule has 0 saturated carbocycles. The second-order valence-corrected chi connectivity index (χ2v) is 6.85. The van der Waals surface area contributed by atoms with E-state index in [1.165, 1.54) is 11.8 Å². The Morgan fingerprint density at radius 1 is 0.967 bits per heavy atom. The summed E-state index contributed by atoms with van der Waals surface area (Å²) in [6.07, 6.45) is 5.27. The summed E-state index contributed by atoms with van der Waals surface area (Å²) in [6, 6.07) is 18.5. The Balaban J connectivity index is 1.42. The summed E-state index contributed by atoms with van der Waals surface area (Å²) in [4.78, 5) is 28.1.